The Hall–Kier alpha value is -4.21. The van der Waals surface area contributed by atoms with Gasteiger partial charge in [0, 0.05) is 12.3 Å². The lowest BCUT2D eigenvalue weighted by atomic mass is 10.00. The average Bonchev–Trinajstić information content (AvgIpc) is 2.83. The number of nitrogens with one attached hydrogen (secondary N) is 3. The fourth-order valence-electron chi connectivity index (χ4n) is 3.48. The molecule has 0 heterocycles. The van der Waals surface area contributed by atoms with Crippen LogP contribution >= 0.6 is 0 Å². The maximum absolute atomic E-state index is 12.9. The summed E-state index contributed by atoms with van der Waals surface area (Å²) in [4.78, 5) is 60.7. The van der Waals surface area contributed by atoms with Crippen LogP contribution in [0.25, 0.3) is 0 Å². The Morgan fingerprint density at radius 2 is 1.17 bits per heavy atom. The van der Waals surface area contributed by atoms with Crippen molar-refractivity contribution in [1.82, 2.24) is 16.0 Å². The zero-order valence-electron chi connectivity index (χ0n) is 20.1. The van der Waals surface area contributed by atoms with E-state index in [1.54, 1.807) is 37.3 Å². The molecule has 4 atom stereocenters. The highest BCUT2D eigenvalue weighted by atomic mass is 16.4. The summed E-state index contributed by atoms with van der Waals surface area (Å²) < 4.78 is 0. The predicted molar refractivity (Wildman–Crippen MR) is 131 cm³/mol. The molecule has 0 saturated carbocycles. The van der Waals surface area contributed by atoms with Gasteiger partial charge in [-0.15, -0.1) is 0 Å². The van der Waals surface area contributed by atoms with Gasteiger partial charge in [-0.2, -0.15) is 0 Å². The van der Waals surface area contributed by atoms with Crippen LogP contribution in [0.2, 0.25) is 0 Å². The topological polar surface area (TPSA) is 162 Å². The Morgan fingerprint density at radius 1 is 0.667 bits per heavy atom. The summed E-state index contributed by atoms with van der Waals surface area (Å²) in [5.41, 5.74) is 1.67. The van der Waals surface area contributed by atoms with Crippen LogP contribution in [0.5, 0.6) is 0 Å². The van der Waals surface area contributed by atoms with E-state index >= 15 is 0 Å². The molecule has 10 heteroatoms. The van der Waals surface area contributed by atoms with Crippen molar-refractivity contribution in [2.24, 2.45) is 5.92 Å². The first-order valence-electron chi connectivity index (χ1n) is 11.5. The largest absolute Gasteiger partial charge is 0.481 e. The van der Waals surface area contributed by atoms with Gasteiger partial charge >= 0.3 is 11.9 Å². The van der Waals surface area contributed by atoms with E-state index in [4.69, 9.17) is 5.11 Å². The van der Waals surface area contributed by atoms with Crippen LogP contribution in [0.15, 0.2) is 60.7 Å². The van der Waals surface area contributed by atoms with Crippen molar-refractivity contribution in [1.29, 1.82) is 0 Å². The molecule has 36 heavy (non-hydrogen) atoms. The molecule has 0 fully saturated rings. The Kier molecular flexibility index (Phi) is 10.6. The van der Waals surface area contributed by atoms with Gasteiger partial charge in [-0.05, 0) is 24.5 Å². The highest BCUT2D eigenvalue weighted by molar-refractivity contribution is 5.94. The Labute approximate surface area is 209 Å². The van der Waals surface area contributed by atoms with Gasteiger partial charge in [-0.25, -0.2) is 4.79 Å². The maximum Gasteiger partial charge on any atom is 0.326 e. The van der Waals surface area contributed by atoms with E-state index in [0.29, 0.717) is 12.0 Å². The summed E-state index contributed by atoms with van der Waals surface area (Å²) in [7, 11) is 0. The number of aliphatic carboxylic acids is 2. The molecule has 0 radical (unpaired) electrons. The van der Waals surface area contributed by atoms with Crippen molar-refractivity contribution in [2.45, 2.75) is 51.2 Å². The minimum absolute atomic E-state index is 0.0307. The molecular weight excluding hydrogens is 466 g/mol. The van der Waals surface area contributed by atoms with Crippen molar-refractivity contribution in [2.75, 3.05) is 0 Å². The van der Waals surface area contributed by atoms with Crippen LogP contribution in [0, 0.1) is 5.92 Å². The molecule has 10 nitrogen and oxygen atoms in total. The molecule has 0 bridgehead atoms. The molecule has 2 aromatic carbocycles. The second kappa shape index (κ2) is 13.6. The Balaban J connectivity index is 2.07. The summed E-state index contributed by atoms with van der Waals surface area (Å²) in [6.07, 6.45) is -0.304. The fraction of sp³-hybridized carbons (Fsp3) is 0.346. The molecule has 192 valence electrons. The lowest BCUT2D eigenvalue weighted by molar-refractivity contribution is -0.147. The van der Waals surface area contributed by atoms with Gasteiger partial charge in [-0.3, -0.25) is 19.2 Å². The standard InChI is InChI=1S/C26H31N3O7/c1-16(13-18-9-5-3-6-10-18)23(32)27-17(2)24(33)28-20(14-19-11-7-4-8-12-19)25(34)29-21(26(35)36)15-22(30)31/h3-12,16-17,20-21H,13-15H2,1-2H3,(H,27,32)(H,28,33)(H,29,34)(H,30,31)(H,35,36)/t16-,17-,20-,21-/m0/s1. The summed E-state index contributed by atoms with van der Waals surface area (Å²) in [5.74, 6) is -5.14. The van der Waals surface area contributed by atoms with Crippen LogP contribution in [0.1, 0.15) is 31.4 Å². The first-order chi connectivity index (χ1) is 17.1. The molecule has 0 aromatic heterocycles. The van der Waals surface area contributed by atoms with Crippen molar-refractivity contribution < 1.29 is 34.2 Å². The summed E-state index contributed by atoms with van der Waals surface area (Å²) in [5, 5.41) is 25.6. The van der Waals surface area contributed by atoms with Gasteiger partial charge in [0.15, 0.2) is 0 Å². The fourth-order valence-corrected chi connectivity index (χ4v) is 3.48. The maximum atomic E-state index is 12.9. The highest BCUT2D eigenvalue weighted by Gasteiger charge is 2.30. The van der Waals surface area contributed by atoms with Gasteiger partial charge in [-0.1, -0.05) is 67.6 Å². The third-order valence-corrected chi connectivity index (χ3v) is 5.49. The number of rotatable bonds is 13. The molecule has 0 aliphatic carbocycles. The smallest absolute Gasteiger partial charge is 0.326 e. The van der Waals surface area contributed by atoms with E-state index in [0.717, 1.165) is 5.56 Å². The number of amides is 3. The Morgan fingerprint density at radius 3 is 1.67 bits per heavy atom. The average molecular weight is 498 g/mol. The molecule has 2 aromatic rings. The van der Waals surface area contributed by atoms with Crippen LogP contribution in [0.3, 0.4) is 0 Å². The third kappa shape index (κ3) is 9.21. The molecule has 2 rings (SSSR count). The first-order valence-corrected chi connectivity index (χ1v) is 11.5. The van der Waals surface area contributed by atoms with Crippen molar-refractivity contribution in [3.05, 3.63) is 71.8 Å². The van der Waals surface area contributed by atoms with E-state index < -0.39 is 54.2 Å². The van der Waals surface area contributed by atoms with E-state index in [1.165, 1.54) is 6.92 Å². The van der Waals surface area contributed by atoms with E-state index in [-0.39, 0.29) is 12.3 Å². The van der Waals surface area contributed by atoms with Gasteiger partial charge in [0.25, 0.3) is 0 Å². The molecule has 0 aliphatic rings. The van der Waals surface area contributed by atoms with Gasteiger partial charge < -0.3 is 26.2 Å². The number of carboxylic acid groups (broad SMARTS) is 2. The van der Waals surface area contributed by atoms with Crippen molar-refractivity contribution in [3.63, 3.8) is 0 Å². The quantitative estimate of drug-likeness (QED) is 0.277. The second-order valence-electron chi connectivity index (χ2n) is 8.57. The third-order valence-electron chi connectivity index (χ3n) is 5.49. The zero-order chi connectivity index (χ0) is 26.7. The summed E-state index contributed by atoms with van der Waals surface area (Å²) in [6.45, 7) is 3.22. The van der Waals surface area contributed by atoms with Crippen LogP contribution in [-0.4, -0.2) is 58.0 Å². The zero-order valence-corrected chi connectivity index (χ0v) is 20.1. The SMILES string of the molecule is C[C@H](NC(=O)[C@@H](C)Cc1ccccc1)C(=O)N[C@@H](Cc1ccccc1)C(=O)N[C@@H](CC(=O)O)C(=O)O. The number of carboxylic acids is 2. The van der Waals surface area contributed by atoms with E-state index in [2.05, 4.69) is 16.0 Å². The van der Waals surface area contributed by atoms with Gasteiger partial charge in [0.1, 0.15) is 18.1 Å². The van der Waals surface area contributed by atoms with Crippen LogP contribution in [-0.2, 0) is 36.8 Å². The lowest BCUT2D eigenvalue weighted by Gasteiger charge is -2.23. The number of hydrogen-bond donors (Lipinski definition) is 5. The van der Waals surface area contributed by atoms with E-state index in [9.17, 15) is 29.1 Å². The molecule has 0 saturated heterocycles. The minimum Gasteiger partial charge on any atom is -0.481 e. The second-order valence-corrected chi connectivity index (χ2v) is 8.57. The number of carbonyl (C=O) groups excluding carboxylic acids is 3. The number of carbonyl (C=O) groups is 5. The number of hydrogen-bond acceptors (Lipinski definition) is 5. The molecule has 3 amide bonds. The van der Waals surface area contributed by atoms with Crippen molar-refractivity contribution in [3.8, 4) is 0 Å². The normalized spacial score (nSPS) is 13.9. The first kappa shape index (κ1) is 28.0. The van der Waals surface area contributed by atoms with Crippen molar-refractivity contribution >= 4 is 29.7 Å². The van der Waals surface area contributed by atoms with Gasteiger partial charge in [0.2, 0.25) is 17.7 Å². The molecule has 0 spiro atoms. The van der Waals surface area contributed by atoms with Crippen LogP contribution in [0.4, 0.5) is 0 Å². The van der Waals surface area contributed by atoms with E-state index in [1.807, 2.05) is 30.3 Å². The highest BCUT2D eigenvalue weighted by Crippen LogP contribution is 2.09. The minimum atomic E-state index is -1.67. The molecule has 0 unspecified atom stereocenters. The number of benzene rings is 2. The summed E-state index contributed by atoms with van der Waals surface area (Å²) in [6, 6.07) is 14.3. The lowest BCUT2D eigenvalue weighted by Crippen LogP contribution is -2.56. The molecular formula is C26H31N3O7. The Bertz CT molecular complexity index is 1060. The predicted octanol–water partition coefficient (Wildman–Crippen LogP) is 1.14. The van der Waals surface area contributed by atoms with Crippen LogP contribution < -0.4 is 16.0 Å². The summed E-state index contributed by atoms with van der Waals surface area (Å²) >= 11 is 0. The monoisotopic (exact) mass is 497 g/mol. The molecule has 0 aliphatic heterocycles. The van der Waals surface area contributed by atoms with Gasteiger partial charge in [0.05, 0.1) is 6.42 Å². The molecule has 5 N–H and O–H groups in total.